The lowest BCUT2D eigenvalue weighted by Crippen LogP contribution is -2.09. The van der Waals surface area contributed by atoms with E-state index in [9.17, 15) is 0 Å². The Bertz CT molecular complexity index is 3310. The van der Waals surface area contributed by atoms with Crippen LogP contribution in [0.4, 0.5) is 17.1 Å². The van der Waals surface area contributed by atoms with Gasteiger partial charge in [0, 0.05) is 50.0 Å². The van der Waals surface area contributed by atoms with Crippen molar-refractivity contribution in [1.82, 2.24) is 4.57 Å². The second-order valence-corrected chi connectivity index (χ2v) is 14.9. The SMILES string of the molecule is c1ccc(-c2ccc(N(c3ccccc3)c3ccc(-c4ccc5c(c4)c4c(n5-c5ccc6oc7ccccc7c6c5)-c5cccc6cccc-4c56)cc3)cc2)cc1. The maximum atomic E-state index is 6.25. The molecule has 0 bridgehead atoms. The van der Waals surface area contributed by atoms with Crippen LogP contribution in [0.25, 0.3) is 93.9 Å². The zero-order valence-corrected chi connectivity index (χ0v) is 30.9. The maximum absolute atomic E-state index is 6.25. The summed E-state index contributed by atoms with van der Waals surface area (Å²) < 4.78 is 8.72. The summed E-state index contributed by atoms with van der Waals surface area (Å²) in [6.45, 7) is 0. The van der Waals surface area contributed by atoms with E-state index in [2.05, 4.69) is 204 Å². The molecule has 0 radical (unpaired) electrons. The van der Waals surface area contributed by atoms with Gasteiger partial charge >= 0.3 is 0 Å². The zero-order valence-electron chi connectivity index (χ0n) is 30.9. The topological polar surface area (TPSA) is 21.3 Å². The Morgan fingerprint density at radius 2 is 0.982 bits per heavy atom. The molecule has 0 fully saturated rings. The lowest BCUT2D eigenvalue weighted by molar-refractivity contribution is 0.669. The number of benzene rings is 9. The second kappa shape index (κ2) is 12.5. The molecule has 1 aliphatic rings. The number of para-hydroxylation sites is 2. The first-order valence-electron chi connectivity index (χ1n) is 19.5. The molecular formula is C54H34N2O. The number of fused-ring (bicyclic) bond motifs is 8. The smallest absolute Gasteiger partial charge is 0.135 e. The van der Waals surface area contributed by atoms with Crippen LogP contribution in [0.5, 0.6) is 0 Å². The molecule has 3 nitrogen and oxygen atoms in total. The van der Waals surface area contributed by atoms with Crippen LogP contribution in [0.1, 0.15) is 0 Å². The third-order valence-electron chi connectivity index (χ3n) is 11.7. The fraction of sp³-hybridized carbons (Fsp3) is 0. The normalized spacial score (nSPS) is 11.9. The van der Waals surface area contributed by atoms with Crippen molar-refractivity contribution in [1.29, 1.82) is 0 Å². The van der Waals surface area contributed by atoms with Crippen molar-refractivity contribution in [2.75, 3.05) is 4.90 Å². The third-order valence-corrected chi connectivity index (χ3v) is 11.7. The average Bonchev–Trinajstić information content (AvgIpc) is 3.93. The Morgan fingerprint density at radius 3 is 1.74 bits per heavy atom. The van der Waals surface area contributed by atoms with Gasteiger partial charge in [-0.15, -0.1) is 0 Å². The summed E-state index contributed by atoms with van der Waals surface area (Å²) >= 11 is 0. The molecule has 3 heteroatoms. The minimum Gasteiger partial charge on any atom is -0.456 e. The molecule has 0 unspecified atom stereocenters. The highest BCUT2D eigenvalue weighted by Gasteiger charge is 2.30. The summed E-state index contributed by atoms with van der Waals surface area (Å²) in [4.78, 5) is 2.33. The standard InChI is InChI=1S/C54H34N2O/c1-3-11-35(12-4-1)36-21-26-41(27-22-36)55(40-15-5-2-6-16-40)42-28-23-37(24-29-42)39-25-31-49-48(33-39)53-45-18-9-13-38-14-10-19-46(52(38)45)54(53)56(49)43-30-32-51-47(34-43)44-17-7-8-20-50(44)57-51/h1-34H. The van der Waals surface area contributed by atoms with Crippen LogP contribution in [-0.4, -0.2) is 4.57 Å². The summed E-state index contributed by atoms with van der Waals surface area (Å²) in [6.07, 6.45) is 0. The van der Waals surface area contributed by atoms with Crippen molar-refractivity contribution in [2.24, 2.45) is 0 Å². The Labute approximate surface area is 329 Å². The first-order chi connectivity index (χ1) is 28.3. The summed E-state index contributed by atoms with van der Waals surface area (Å²) in [6, 6.07) is 74.4. The highest BCUT2D eigenvalue weighted by molar-refractivity contribution is 6.22. The molecule has 0 aliphatic heterocycles. The van der Waals surface area contributed by atoms with Crippen LogP contribution in [0.2, 0.25) is 0 Å². The van der Waals surface area contributed by atoms with E-state index in [-0.39, 0.29) is 0 Å². The van der Waals surface area contributed by atoms with Gasteiger partial charge in [-0.1, -0.05) is 133 Å². The summed E-state index contributed by atoms with van der Waals surface area (Å²) in [5.74, 6) is 0. The van der Waals surface area contributed by atoms with Crippen LogP contribution in [0.3, 0.4) is 0 Å². The van der Waals surface area contributed by atoms with Gasteiger partial charge in [0.1, 0.15) is 11.2 Å². The predicted molar refractivity (Wildman–Crippen MR) is 238 cm³/mol. The molecule has 0 saturated heterocycles. The molecule has 1 aliphatic carbocycles. The Morgan fingerprint density at radius 1 is 0.386 bits per heavy atom. The lowest BCUT2D eigenvalue weighted by Gasteiger charge is -2.26. The van der Waals surface area contributed by atoms with E-state index in [1.807, 2.05) is 12.1 Å². The van der Waals surface area contributed by atoms with Gasteiger partial charge in [0.25, 0.3) is 0 Å². The van der Waals surface area contributed by atoms with Gasteiger partial charge in [-0.05, 0) is 111 Å². The molecule has 2 heterocycles. The largest absolute Gasteiger partial charge is 0.456 e. The van der Waals surface area contributed by atoms with E-state index in [1.165, 1.54) is 66.3 Å². The van der Waals surface area contributed by atoms with Crippen molar-refractivity contribution in [3.63, 3.8) is 0 Å². The molecule has 9 aromatic carbocycles. The van der Waals surface area contributed by atoms with Crippen molar-refractivity contribution in [3.05, 3.63) is 206 Å². The number of rotatable bonds is 6. The monoisotopic (exact) mass is 726 g/mol. The second-order valence-electron chi connectivity index (χ2n) is 14.9. The van der Waals surface area contributed by atoms with E-state index in [0.29, 0.717) is 0 Å². The van der Waals surface area contributed by atoms with Gasteiger partial charge in [0.2, 0.25) is 0 Å². The molecule has 266 valence electrons. The lowest BCUT2D eigenvalue weighted by atomic mass is 9.98. The summed E-state index contributed by atoms with van der Waals surface area (Å²) in [7, 11) is 0. The molecule has 0 atom stereocenters. The van der Waals surface area contributed by atoms with E-state index >= 15 is 0 Å². The molecule has 0 saturated carbocycles. The van der Waals surface area contributed by atoms with Crippen LogP contribution in [0.15, 0.2) is 211 Å². The van der Waals surface area contributed by atoms with Gasteiger partial charge in [0.15, 0.2) is 0 Å². The average molecular weight is 727 g/mol. The molecule has 0 amide bonds. The molecule has 2 aromatic heterocycles. The molecule has 0 spiro atoms. The van der Waals surface area contributed by atoms with Gasteiger partial charge < -0.3 is 13.9 Å². The molecule has 11 aromatic rings. The van der Waals surface area contributed by atoms with Crippen LogP contribution in [-0.2, 0) is 0 Å². The van der Waals surface area contributed by atoms with Gasteiger partial charge in [-0.3, -0.25) is 0 Å². The first-order valence-corrected chi connectivity index (χ1v) is 19.5. The summed E-state index contributed by atoms with van der Waals surface area (Å²) in [5, 5.41) is 6.09. The van der Waals surface area contributed by atoms with Gasteiger partial charge in [0.05, 0.1) is 11.2 Å². The fourth-order valence-corrected chi connectivity index (χ4v) is 9.13. The van der Waals surface area contributed by atoms with E-state index < -0.39 is 0 Å². The molecule has 0 N–H and O–H groups in total. The van der Waals surface area contributed by atoms with Crippen molar-refractivity contribution >= 4 is 60.7 Å². The third kappa shape index (κ3) is 4.92. The van der Waals surface area contributed by atoms with Crippen molar-refractivity contribution in [2.45, 2.75) is 0 Å². The molecular weight excluding hydrogens is 693 g/mol. The Balaban J connectivity index is 0.991. The molecule has 12 rings (SSSR count). The fourth-order valence-electron chi connectivity index (χ4n) is 9.13. The van der Waals surface area contributed by atoms with Crippen LogP contribution in [0, 0.1) is 0 Å². The predicted octanol–water partition coefficient (Wildman–Crippen LogP) is 15.1. The number of nitrogens with zero attached hydrogens (tertiary/aromatic N) is 2. The number of hydrogen-bond acceptors (Lipinski definition) is 2. The number of anilines is 3. The molecule has 57 heavy (non-hydrogen) atoms. The van der Waals surface area contributed by atoms with E-state index in [1.54, 1.807) is 0 Å². The Kier molecular flexibility index (Phi) is 6.93. The maximum Gasteiger partial charge on any atom is 0.135 e. The summed E-state index contributed by atoms with van der Waals surface area (Å²) in [5.41, 5.74) is 17.3. The first kappa shape index (κ1) is 31.7. The minimum atomic E-state index is 0.902. The van der Waals surface area contributed by atoms with E-state index in [4.69, 9.17) is 4.42 Å². The number of hydrogen-bond donors (Lipinski definition) is 0. The van der Waals surface area contributed by atoms with Crippen molar-refractivity contribution in [3.8, 4) is 50.3 Å². The minimum absolute atomic E-state index is 0.902. The quantitative estimate of drug-likeness (QED) is 0.170. The number of furan rings is 1. The Hall–Kier alpha value is -7.62. The van der Waals surface area contributed by atoms with Crippen molar-refractivity contribution < 1.29 is 4.42 Å². The highest BCUT2D eigenvalue weighted by atomic mass is 16.3. The zero-order chi connectivity index (χ0) is 37.5. The highest BCUT2D eigenvalue weighted by Crippen LogP contribution is 2.53. The number of aromatic nitrogens is 1. The van der Waals surface area contributed by atoms with Gasteiger partial charge in [-0.25, -0.2) is 0 Å². The van der Waals surface area contributed by atoms with Crippen LogP contribution >= 0.6 is 0 Å². The van der Waals surface area contributed by atoms with Gasteiger partial charge in [-0.2, -0.15) is 0 Å². The van der Waals surface area contributed by atoms with E-state index in [0.717, 1.165) is 44.7 Å². The van der Waals surface area contributed by atoms with Crippen LogP contribution < -0.4 is 4.90 Å².